The van der Waals surface area contributed by atoms with E-state index in [1.165, 1.54) is 11.3 Å². The lowest BCUT2D eigenvalue weighted by Crippen LogP contribution is -2.07. The van der Waals surface area contributed by atoms with E-state index in [0.717, 1.165) is 33.5 Å². The van der Waals surface area contributed by atoms with Crippen molar-refractivity contribution in [2.75, 3.05) is 11.1 Å². The highest BCUT2D eigenvalue weighted by molar-refractivity contribution is 7.18. The van der Waals surface area contributed by atoms with E-state index in [-0.39, 0.29) is 11.6 Å². The number of carbonyl (C=O) groups excluding carboxylic acids is 1. The second kappa shape index (κ2) is 6.92. The number of thiazole rings is 1. The molecule has 0 aliphatic heterocycles. The summed E-state index contributed by atoms with van der Waals surface area (Å²) in [6.45, 7) is 10.0. The first-order chi connectivity index (χ1) is 12.3. The van der Waals surface area contributed by atoms with E-state index >= 15 is 0 Å². The van der Waals surface area contributed by atoms with Gasteiger partial charge in [0.2, 0.25) is 5.78 Å². The molecule has 3 rings (SSSR count). The Balaban J connectivity index is 1.96. The van der Waals surface area contributed by atoms with E-state index < -0.39 is 0 Å². The summed E-state index contributed by atoms with van der Waals surface area (Å²) < 4.78 is 0. The van der Waals surface area contributed by atoms with Crippen LogP contribution in [0.15, 0.2) is 30.3 Å². The fraction of sp³-hybridized carbons (Fsp3) is 0.238. The summed E-state index contributed by atoms with van der Waals surface area (Å²) in [6, 6.07) is 10.2. The van der Waals surface area contributed by atoms with Gasteiger partial charge in [-0.05, 0) is 62.9 Å². The lowest BCUT2D eigenvalue weighted by Gasteiger charge is -2.09. The van der Waals surface area contributed by atoms with Gasteiger partial charge < -0.3 is 11.1 Å². The summed E-state index contributed by atoms with van der Waals surface area (Å²) >= 11 is 1.30. The summed E-state index contributed by atoms with van der Waals surface area (Å²) in [7, 11) is 0. The first-order valence-electron chi connectivity index (χ1n) is 8.49. The Morgan fingerprint density at radius 3 is 2.27 bits per heavy atom. The molecule has 26 heavy (non-hydrogen) atoms. The standard InChI is InChI=1S/C21H23N3OS/c1-11-6-7-13(3)16(10-11)23-21-24-20(22)19(26-21)18(25)17-14(4)8-12(2)9-15(17)5/h6-10H,22H2,1-5H3,(H,23,24). The van der Waals surface area contributed by atoms with Gasteiger partial charge in [0.05, 0.1) is 0 Å². The van der Waals surface area contributed by atoms with Crippen LogP contribution in [-0.4, -0.2) is 10.8 Å². The second-order valence-electron chi connectivity index (χ2n) is 6.78. The molecule has 0 fully saturated rings. The molecule has 0 saturated carbocycles. The highest BCUT2D eigenvalue weighted by atomic mass is 32.1. The van der Waals surface area contributed by atoms with Crippen molar-refractivity contribution in [1.82, 2.24) is 4.98 Å². The molecule has 0 bridgehead atoms. The molecule has 0 atom stereocenters. The number of anilines is 3. The zero-order valence-electron chi connectivity index (χ0n) is 15.7. The topological polar surface area (TPSA) is 68.0 Å². The molecule has 0 aliphatic carbocycles. The van der Waals surface area contributed by atoms with Crippen LogP contribution in [-0.2, 0) is 0 Å². The minimum Gasteiger partial charge on any atom is -0.382 e. The normalized spacial score (nSPS) is 10.8. The predicted octanol–water partition coefficient (Wildman–Crippen LogP) is 5.24. The van der Waals surface area contributed by atoms with Gasteiger partial charge in [0.1, 0.15) is 10.7 Å². The number of nitrogens with one attached hydrogen (secondary N) is 1. The number of benzene rings is 2. The lowest BCUT2D eigenvalue weighted by molar-refractivity contribution is 0.104. The monoisotopic (exact) mass is 365 g/mol. The Kier molecular flexibility index (Phi) is 4.83. The SMILES string of the molecule is Cc1cc(C)c(C(=O)c2sc(Nc3cc(C)ccc3C)nc2N)c(C)c1. The van der Waals surface area contributed by atoms with Gasteiger partial charge in [0.15, 0.2) is 5.13 Å². The molecule has 0 unspecified atom stereocenters. The maximum Gasteiger partial charge on any atom is 0.207 e. The van der Waals surface area contributed by atoms with Crippen LogP contribution in [0.3, 0.4) is 0 Å². The number of carbonyl (C=O) groups is 1. The average molecular weight is 366 g/mol. The number of hydrogen-bond acceptors (Lipinski definition) is 5. The molecule has 4 nitrogen and oxygen atoms in total. The Morgan fingerprint density at radius 2 is 1.62 bits per heavy atom. The minimum atomic E-state index is -0.0657. The molecule has 5 heteroatoms. The van der Waals surface area contributed by atoms with Gasteiger partial charge in [0, 0.05) is 11.3 Å². The van der Waals surface area contributed by atoms with Gasteiger partial charge in [-0.15, -0.1) is 0 Å². The third-order valence-corrected chi connectivity index (χ3v) is 5.38. The number of nitrogen functional groups attached to an aromatic ring is 1. The van der Waals surface area contributed by atoms with Gasteiger partial charge in [-0.1, -0.05) is 41.2 Å². The Bertz CT molecular complexity index is 981. The van der Waals surface area contributed by atoms with Crippen LogP contribution < -0.4 is 11.1 Å². The van der Waals surface area contributed by atoms with Gasteiger partial charge in [0.25, 0.3) is 0 Å². The number of aryl methyl sites for hydroxylation is 5. The van der Waals surface area contributed by atoms with Crippen molar-refractivity contribution in [2.45, 2.75) is 34.6 Å². The summed E-state index contributed by atoms with van der Waals surface area (Å²) in [5.41, 5.74) is 13.1. The van der Waals surface area contributed by atoms with Crippen LogP contribution in [0, 0.1) is 34.6 Å². The van der Waals surface area contributed by atoms with Crippen molar-refractivity contribution in [2.24, 2.45) is 0 Å². The first-order valence-corrected chi connectivity index (χ1v) is 9.31. The predicted molar refractivity (Wildman–Crippen MR) is 110 cm³/mol. The zero-order chi connectivity index (χ0) is 19.0. The Labute approximate surface area is 158 Å². The van der Waals surface area contributed by atoms with Crippen molar-refractivity contribution < 1.29 is 4.79 Å². The van der Waals surface area contributed by atoms with Crippen molar-refractivity contribution in [3.8, 4) is 0 Å². The number of ketones is 1. The van der Waals surface area contributed by atoms with E-state index in [9.17, 15) is 4.79 Å². The van der Waals surface area contributed by atoms with Crippen molar-refractivity contribution in [1.29, 1.82) is 0 Å². The molecule has 3 N–H and O–H groups in total. The van der Waals surface area contributed by atoms with Crippen molar-refractivity contribution in [3.63, 3.8) is 0 Å². The fourth-order valence-electron chi connectivity index (χ4n) is 3.19. The smallest absolute Gasteiger partial charge is 0.207 e. The molecule has 0 aliphatic rings. The van der Waals surface area contributed by atoms with Crippen LogP contribution >= 0.6 is 11.3 Å². The summed E-state index contributed by atoms with van der Waals surface area (Å²) in [5.74, 6) is 0.205. The minimum absolute atomic E-state index is 0.0657. The van der Waals surface area contributed by atoms with Crippen LogP contribution in [0.5, 0.6) is 0 Å². The van der Waals surface area contributed by atoms with Crippen LogP contribution in [0.4, 0.5) is 16.6 Å². The second-order valence-corrected chi connectivity index (χ2v) is 7.78. The fourth-order valence-corrected chi connectivity index (χ4v) is 4.03. The largest absolute Gasteiger partial charge is 0.382 e. The van der Waals surface area contributed by atoms with Crippen LogP contribution in [0.2, 0.25) is 0 Å². The van der Waals surface area contributed by atoms with E-state index in [0.29, 0.717) is 15.6 Å². The summed E-state index contributed by atoms with van der Waals surface area (Å²) in [4.78, 5) is 17.9. The molecule has 0 saturated heterocycles. The molecule has 3 aromatic rings. The summed E-state index contributed by atoms with van der Waals surface area (Å²) in [5, 5.41) is 3.92. The Morgan fingerprint density at radius 1 is 0.962 bits per heavy atom. The molecule has 1 aromatic heterocycles. The van der Waals surface area contributed by atoms with Crippen molar-refractivity contribution >= 4 is 33.8 Å². The molecule has 2 aromatic carbocycles. The molecule has 1 heterocycles. The third kappa shape index (κ3) is 3.48. The maximum absolute atomic E-state index is 13.1. The average Bonchev–Trinajstić information content (AvgIpc) is 2.90. The van der Waals surface area contributed by atoms with Crippen LogP contribution in [0.1, 0.15) is 43.1 Å². The van der Waals surface area contributed by atoms with Gasteiger partial charge in [-0.2, -0.15) is 0 Å². The van der Waals surface area contributed by atoms with Crippen molar-refractivity contribution in [3.05, 3.63) is 68.6 Å². The zero-order valence-corrected chi connectivity index (χ0v) is 16.5. The number of hydrogen-bond donors (Lipinski definition) is 2. The molecular formula is C21H23N3OS. The number of nitrogens with two attached hydrogens (primary N) is 1. The summed E-state index contributed by atoms with van der Waals surface area (Å²) in [6.07, 6.45) is 0. The molecule has 0 amide bonds. The van der Waals surface area contributed by atoms with Crippen LogP contribution in [0.25, 0.3) is 0 Å². The first kappa shape index (κ1) is 18.1. The lowest BCUT2D eigenvalue weighted by atomic mass is 9.96. The van der Waals surface area contributed by atoms with E-state index in [1.807, 2.05) is 46.8 Å². The maximum atomic E-state index is 13.1. The quantitative estimate of drug-likeness (QED) is 0.620. The molecule has 0 radical (unpaired) electrons. The highest BCUT2D eigenvalue weighted by Gasteiger charge is 2.21. The highest BCUT2D eigenvalue weighted by Crippen LogP contribution is 2.32. The van der Waals surface area contributed by atoms with Gasteiger partial charge in [-0.3, -0.25) is 4.79 Å². The van der Waals surface area contributed by atoms with E-state index in [4.69, 9.17) is 5.73 Å². The number of aromatic nitrogens is 1. The van der Waals surface area contributed by atoms with E-state index in [2.05, 4.69) is 28.5 Å². The number of nitrogens with zero attached hydrogens (tertiary/aromatic N) is 1. The molecule has 0 spiro atoms. The van der Waals surface area contributed by atoms with E-state index in [1.54, 1.807) is 0 Å². The Hall–Kier alpha value is -2.66. The molecular weight excluding hydrogens is 342 g/mol. The van der Waals surface area contributed by atoms with Gasteiger partial charge >= 0.3 is 0 Å². The van der Waals surface area contributed by atoms with Gasteiger partial charge in [-0.25, -0.2) is 4.98 Å². The number of rotatable bonds is 4. The molecule has 134 valence electrons. The third-order valence-electron chi connectivity index (χ3n) is 4.40.